The number of aryl methyl sites for hydroxylation is 1. The highest BCUT2D eigenvalue weighted by atomic mass is 19.1. The van der Waals surface area contributed by atoms with Crippen molar-refractivity contribution in [2.24, 2.45) is 0 Å². The van der Waals surface area contributed by atoms with Crippen molar-refractivity contribution in [1.29, 1.82) is 0 Å². The van der Waals surface area contributed by atoms with E-state index in [0.717, 1.165) is 22.2 Å². The molecule has 0 fully saturated rings. The van der Waals surface area contributed by atoms with Crippen molar-refractivity contribution >= 4 is 22.7 Å². The molecule has 1 heterocycles. The fourth-order valence-electron chi connectivity index (χ4n) is 3.49. The molecule has 2 rings (SSSR count). The Morgan fingerprint density at radius 1 is 1.32 bits per heavy atom. The number of halogens is 1. The van der Waals surface area contributed by atoms with Crippen LogP contribution in [0.2, 0.25) is 0 Å². The summed E-state index contributed by atoms with van der Waals surface area (Å²) in [5, 5.41) is 0.890. The quantitative estimate of drug-likeness (QED) is 0.664. The van der Waals surface area contributed by atoms with E-state index >= 15 is 0 Å². The Balaban J connectivity index is 2.82. The molecule has 2 aromatic rings. The topological polar surface area (TPSA) is 40.5 Å². The van der Waals surface area contributed by atoms with E-state index in [0.29, 0.717) is 30.9 Å². The lowest BCUT2D eigenvalue weighted by molar-refractivity contribution is -0.145. The molecule has 1 aromatic carbocycles. The molecule has 0 radical (unpaired) electrons. The fourth-order valence-corrected chi connectivity index (χ4v) is 3.49. The van der Waals surface area contributed by atoms with Crippen molar-refractivity contribution in [3.63, 3.8) is 0 Å². The lowest BCUT2D eigenvalue weighted by Crippen LogP contribution is -2.16. The van der Waals surface area contributed by atoms with Gasteiger partial charge >= 0.3 is 5.97 Å². The summed E-state index contributed by atoms with van der Waals surface area (Å²) in [6.45, 7) is 12.2. The van der Waals surface area contributed by atoms with E-state index in [-0.39, 0.29) is 11.9 Å². The molecule has 0 aliphatic rings. The summed E-state index contributed by atoms with van der Waals surface area (Å²) in [7, 11) is 1.50. The molecule has 1 atom stereocenters. The third-order valence-corrected chi connectivity index (χ3v) is 4.63. The van der Waals surface area contributed by atoms with Gasteiger partial charge in [0.1, 0.15) is 11.6 Å². The van der Waals surface area contributed by atoms with Gasteiger partial charge in [0, 0.05) is 23.1 Å². The molecular weight excluding hydrogens is 321 g/mol. The fraction of sp³-hybridized carbons (Fsp3) is 0.450. The number of carbonyl (C=O) groups is 1. The van der Waals surface area contributed by atoms with Crippen LogP contribution in [0.15, 0.2) is 18.7 Å². The maximum absolute atomic E-state index is 13.8. The predicted octanol–water partition coefficient (Wildman–Crippen LogP) is 4.98. The average Bonchev–Trinajstić information content (AvgIpc) is 2.85. The standard InChI is InChI=1S/C20H26FNO3/c1-7-14(20(23)25-9-3)19-13(5)22(8-2)17-10-15(12(4)21)18(24-6)11-16(17)19/h10-11,14H,4,7-9H2,1-3,5-6H3. The van der Waals surface area contributed by atoms with E-state index in [2.05, 4.69) is 11.1 Å². The first kappa shape index (κ1) is 19.0. The lowest BCUT2D eigenvalue weighted by atomic mass is 9.93. The van der Waals surface area contributed by atoms with Crippen LogP contribution in [-0.4, -0.2) is 24.3 Å². The maximum Gasteiger partial charge on any atom is 0.313 e. The number of nitrogens with zero attached hydrogens (tertiary/aromatic N) is 1. The summed E-state index contributed by atoms with van der Waals surface area (Å²) in [6.07, 6.45) is 0.627. The van der Waals surface area contributed by atoms with E-state index in [1.165, 1.54) is 7.11 Å². The van der Waals surface area contributed by atoms with Gasteiger partial charge < -0.3 is 14.0 Å². The summed E-state index contributed by atoms with van der Waals surface area (Å²) < 4.78 is 26.5. The van der Waals surface area contributed by atoms with Crippen LogP contribution in [-0.2, 0) is 16.1 Å². The highest BCUT2D eigenvalue weighted by Gasteiger charge is 2.28. The Kier molecular flexibility index (Phi) is 5.88. The van der Waals surface area contributed by atoms with Crippen molar-refractivity contribution < 1.29 is 18.7 Å². The second-order valence-electron chi connectivity index (χ2n) is 5.93. The molecule has 25 heavy (non-hydrogen) atoms. The van der Waals surface area contributed by atoms with E-state index in [1.54, 1.807) is 19.1 Å². The van der Waals surface area contributed by atoms with Crippen LogP contribution in [0.5, 0.6) is 5.75 Å². The first-order valence-corrected chi connectivity index (χ1v) is 8.63. The number of aromatic nitrogens is 1. The molecule has 1 aromatic heterocycles. The zero-order valence-electron chi connectivity index (χ0n) is 15.6. The molecule has 5 heteroatoms. The van der Waals surface area contributed by atoms with Gasteiger partial charge in [-0.2, -0.15) is 0 Å². The molecule has 1 unspecified atom stereocenters. The molecule has 0 amide bonds. The van der Waals surface area contributed by atoms with Crippen LogP contribution in [0.4, 0.5) is 4.39 Å². The molecule has 0 saturated heterocycles. The molecule has 0 aliphatic heterocycles. The van der Waals surface area contributed by atoms with Crippen LogP contribution in [0.1, 0.15) is 49.9 Å². The smallest absolute Gasteiger partial charge is 0.313 e. The van der Waals surface area contributed by atoms with Crippen LogP contribution in [0, 0.1) is 6.92 Å². The molecule has 0 bridgehead atoms. The molecule has 0 saturated carbocycles. The lowest BCUT2D eigenvalue weighted by Gasteiger charge is -2.15. The summed E-state index contributed by atoms with van der Waals surface area (Å²) in [6, 6.07) is 3.54. The van der Waals surface area contributed by atoms with Gasteiger partial charge in [0.2, 0.25) is 0 Å². The zero-order chi connectivity index (χ0) is 18.7. The van der Waals surface area contributed by atoms with Crippen molar-refractivity contribution in [3.8, 4) is 5.75 Å². The van der Waals surface area contributed by atoms with Gasteiger partial charge in [0.05, 0.1) is 25.2 Å². The number of hydrogen-bond donors (Lipinski definition) is 0. The van der Waals surface area contributed by atoms with Gasteiger partial charge in [0.25, 0.3) is 0 Å². The molecular formula is C20H26FNO3. The van der Waals surface area contributed by atoms with Crippen molar-refractivity contribution in [2.75, 3.05) is 13.7 Å². The van der Waals surface area contributed by atoms with E-state index in [1.807, 2.05) is 20.8 Å². The average molecular weight is 347 g/mol. The second kappa shape index (κ2) is 7.72. The molecule has 0 aliphatic carbocycles. The number of benzene rings is 1. The Morgan fingerprint density at radius 3 is 2.48 bits per heavy atom. The Labute approximate surface area is 148 Å². The predicted molar refractivity (Wildman–Crippen MR) is 98.7 cm³/mol. The summed E-state index contributed by atoms with van der Waals surface area (Å²) in [5.74, 6) is -0.729. The third-order valence-electron chi connectivity index (χ3n) is 4.63. The van der Waals surface area contributed by atoms with Crippen LogP contribution in [0.25, 0.3) is 16.7 Å². The molecule has 0 N–H and O–H groups in total. The number of fused-ring (bicyclic) bond motifs is 1. The first-order valence-electron chi connectivity index (χ1n) is 8.63. The van der Waals surface area contributed by atoms with E-state index < -0.39 is 5.83 Å². The first-order chi connectivity index (χ1) is 11.9. The normalized spacial score (nSPS) is 12.2. The number of carbonyl (C=O) groups excluding carboxylic acids is 1. The number of methoxy groups -OCH3 is 1. The minimum absolute atomic E-state index is 0.235. The Bertz CT molecular complexity index is 807. The Morgan fingerprint density at radius 2 is 2.00 bits per heavy atom. The van der Waals surface area contributed by atoms with E-state index in [4.69, 9.17) is 9.47 Å². The number of hydrogen-bond acceptors (Lipinski definition) is 3. The molecule has 136 valence electrons. The van der Waals surface area contributed by atoms with Gasteiger partial charge in [0.15, 0.2) is 0 Å². The summed E-state index contributed by atoms with van der Waals surface area (Å²) in [4.78, 5) is 12.5. The molecule has 4 nitrogen and oxygen atoms in total. The van der Waals surface area contributed by atoms with Crippen molar-refractivity contribution in [3.05, 3.63) is 35.5 Å². The van der Waals surface area contributed by atoms with Crippen LogP contribution >= 0.6 is 0 Å². The number of rotatable bonds is 7. The minimum atomic E-state index is -0.542. The van der Waals surface area contributed by atoms with Crippen molar-refractivity contribution in [1.82, 2.24) is 4.57 Å². The van der Waals surface area contributed by atoms with Gasteiger partial charge in [-0.05, 0) is 44.9 Å². The van der Waals surface area contributed by atoms with Gasteiger partial charge in [-0.25, -0.2) is 4.39 Å². The summed E-state index contributed by atoms with van der Waals surface area (Å²) in [5.41, 5.74) is 3.11. The second-order valence-corrected chi connectivity index (χ2v) is 5.93. The third kappa shape index (κ3) is 3.28. The summed E-state index contributed by atoms with van der Waals surface area (Å²) >= 11 is 0. The van der Waals surface area contributed by atoms with Crippen LogP contribution in [0.3, 0.4) is 0 Å². The highest BCUT2D eigenvalue weighted by molar-refractivity contribution is 5.94. The van der Waals surface area contributed by atoms with Crippen molar-refractivity contribution in [2.45, 2.75) is 46.6 Å². The highest BCUT2D eigenvalue weighted by Crippen LogP contribution is 2.39. The zero-order valence-corrected chi connectivity index (χ0v) is 15.6. The maximum atomic E-state index is 13.8. The number of esters is 1. The largest absolute Gasteiger partial charge is 0.496 e. The SMILES string of the molecule is C=C(F)c1cc2c(cc1OC)c(C(CC)C(=O)OCC)c(C)n2CC. The minimum Gasteiger partial charge on any atom is -0.496 e. The Hall–Kier alpha value is -2.30. The monoisotopic (exact) mass is 347 g/mol. The number of ether oxygens (including phenoxy) is 2. The van der Waals surface area contributed by atoms with Gasteiger partial charge in [-0.15, -0.1) is 0 Å². The van der Waals surface area contributed by atoms with Crippen LogP contribution < -0.4 is 4.74 Å². The van der Waals surface area contributed by atoms with Gasteiger partial charge in [-0.3, -0.25) is 4.79 Å². The van der Waals surface area contributed by atoms with E-state index in [9.17, 15) is 9.18 Å². The van der Waals surface area contributed by atoms with Gasteiger partial charge in [-0.1, -0.05) is 13.5 Å². The molecule has 0 spiro atoms.